The SMILES string of the molecule is CCNC(C)C(CC)c1ccncn1. The first kappa shape index (κ1) is 11.1. The zero-order valence-corrected chi connectivity index (χ0v) is 9.20. The molecule has 0 aliphatic heterocycles. The van der Waals surface area contributed by atoms with E-state index in [1.165, 1.54) is 0 Å². The summed E-state index contributed by atoms with van der Waals surface area (Å²) in [6.45, 7) is 7.53. The lowest BCUT2D eigenvalue weighted by Crippen LogP contribution is -2.32. The van der Waals surface area contributed by atoms with Crippen LogP contribution in [-0.2, 0) is 0 Å². The summed E-state index contributed by atoms with van der Waals surface area (Å²) >= 11 is 0. The molecule has 1 aromatic heterocycles. The summed E-state index contributed by atoms with van der Waals surface area (Å²) in [5, 5.41) is 3.43. The molecule has 0 aliphatic rings. The van der Waals surface area contributed by atoms with Crippen LogP contribution in [0.3, 0.4) is 0 Å². The van der Waals surface area contributed by atoms with Crippen molar-refractivity contribution in [2.45, 2.75) is 39.2 Å². The van der Waals surface area contributed by atoms with Gasteiger partial charge >= 0.3 is 0 Å². The molecule has 0 spiro atoms. The van der Waals surface area contributed by atoms with E-state index < -0.39 is 0 Å². The fourth-order valence-corrected chi connectivity index (χ4v) is 1.80. The second-order valence-corrected chi connectivity index (χ2v) is 3.50. The zero-order chi connectivity index (χ0) is 10.4. The molecule has 2 unspecified atom stereocenters. The molecule has 1 rings (SSSR count). The van der Waals surface area contributed by atoms with Crippen LogP contribution < -0.4 is 5.32 Å². The average Bonchev–Trinajstić information content (AvgIpc) is 2.21. The molecular weight excluding hydrogens is 174 g/mol. The van der Waals surface area contributed by atoms with Gasteiger partial charge in [0.25, 0.3) is 0 Å². The molecule has 0 amide bonds. The Morgan fingerprint density at radius 2 is 2.21 bits per heavy atom. The Morgan fingerprint density at radius 1 is 1.43 bits per heavy atom. The number of aromatic nitrogens is 2. The monoisotopic (exact) mass is 193 g/mol. The number of hydrogen-bond donors (Lipinski definition) is 1. The second-order valence-electron chi connectivity index (χ2n) is 3.50. The zero-order valence-electron chi connectivity index (χ0n) is 9.20. The van der Waals surface area contributed by atoms with E-state index in [4.69, 9.17) is 0 Å². The summed E-state index contributed by atoms with van der Waals surface area (Å²) in [7, 11) is 0. The summed E-state index contributed by atoms with van der Waals surface area (Å²) in [5.41, 5.74) is 1.14. The Hall–Kier alpha value is -0.960. The minimum Gasteiger partial charge on any atom is -0.314 e. The highest BCUT2D eigenvalue weighted by molar-refractivity contribution is 5.08. The Kier molecular flexibility index (Phi) is 4.53. The molecule has 0 fully saturated rings. The van der Waals surface area contributed by atoms with Gasteiger partial charge in [-0.2, -0.15) is 0 Å². The van der Waals surface area contributed by atoms with Crippen molar-refractivity contribution in [1.82, 2.24) is 15.3 Å². The maximum atomic E-state index is 4.30. The van der Waals surface area contributed by atoms with Crippen LogP contribution in [0.25, 0.3) is 0 Å². The van der Waals surface area contributed by atoms with Gasteiger partial charge in [-0.3, -0.25) is 0 Å². The lowest BCUT2D eigenvalue weighted by molar-refractivity contribution is 0.452. The first-order valence-electron chi connectivity index (χ1n) is 5.28. The molecule has 1 heterocycles. The highest BCUT2D eigenvalue weighted by Crippen LogP contribution is 2.20. The molecule has 3 nitrogen and oxygen atoms in total. The predicted octanol–water partition coefficient (Wildman–Crippen LogP) is 1.97. The molecule has 78 valence electrons. The van der Waals surface area contributed by atoms with Crippen LogP contribution in [-0.4, -0.2) is 22.6 Å². The standard InChI is InChI=1S/C11H19N3/c1-4-10(9(3)13-5-2)11-6-7-12-8-14-11/h6-10,13H,4-5H2,1-3H3. The molecule has 0 radical (unpaired) electrons. The van der Waals surface area contributed by atoms with Crippen LogP contribution in [0.2, 0.25) is 0 Å². The van der Waals surface area contributed by atoms with Crippen molar-refractivity contribution >= 4 is 0 Å². The minimum absolute atomic E-state index is 0.472. The second kappa shape index (κ2) is 5.70. The topological polar surface area (TPSA) is 37.8 Å². The van der Waals surface area contributed by atoms with E-state index >= 15 is 0 Å². The van der Waals surface area contributed by atoms with Crippen molar-refractivity contribution in [2.24, 2.45) is 0 Å². The highest BCUT2D eigenvalue weighted by atomic mass is 14.9. The van der Waals surface area contributed by atoms with Gasteiger partial charge in [-0.05, 0) is 26.0 Å². The Balaban J connectivity index is 2.71. The van der Waals surface area contributed by atoms with E-state index in [9.17, 15) is 0 Å². The summed E-state index contributed by atoms with van der Waals surface area (Å²) < 4.78 is 0. The van der Waals surface area contributed by atoms with Crippen molar-refractivity contribution in [3.8, 4) is 0 Å². The van der Waals surface area contributed by atoms with Gasteiger partial charge in [-0.1, -0.05) is 13.8 Å². The Morgan fingerprint density at radius 3 is 2.71 bits per heavy atom. The summed E-state index contributed by atoms with van der Waals surface area (Å²) in [6, 6.07) is 2.47. The molecule has 0 aliphatic carbocycles. The van der Waals surface area contributed by atoms with Crippen LogP contribution in [0.5, 0.6) is 0 Å². The van der Waals surface area contributed by atoms with Gasteiger partial charge in [0.2, 0.25) is 0 Å². The number of likely N-dealkylation sites (N-methyl/N-ethyl adjacent to an activating group) is 1. The maximum absolute atomic E-state index is 4.30. The van der Waals surface area contributed by atoms with Gasteiger partial charge in [0.15, 0.2) is 0 Å². The summed E-state index contributed by atoms with van der Waals surface area (Å²) in [5.74, 6) is 0.484. The van der Waals surface area contributed by atoms with Crippen LogP contribution in [0.1, 0.15) is 38.8 Å². The van der Waals surface area contributed by atoms with E-state index in [-0.39, 0.29) is 0 Å². The molecule has 0 saturated heterocycles. The summed E-state index contributed by atoms with van der Waals surface area (Å²) in [6.07, 6.45) is 4.53. The van der Waals surface area contributed by atoms with Gasteiger partial charge in [0, 0.05) is 23.9 Å². The van der Waals surface area contributed by atoms with Gasteiger partial charge in [0.1, 0.15) is 6.33 Å². The number of nitrogens with one attached hydrogen (secondary N) is 1. The molecule has 1 aromatic rings. The van der Waals surface area contributed by atoms with Gasteiger partial charge < -0.3 is 5.32 Å². The largest absolute Gasteiger partial charge is 0.314 e. The number of nitrogens with zero attached hydrogens (tertiary/aromatic N) is 2. The van der Waals surface area contributed by atoms with Gasteiger partial charge in [0.05, 0.1) is 0 Å². The van der Waals surface area contributed by atoms with Gasteiger partial charge in [-0.25, -0.2) is 9.97 Å². The lowest BCUT2D eigenvalue weighted by Gasteiger charge is -2.22. The molecule has 14 heavy (non-hydrogen) atoms. The minimum atomic E-state index is 0.472. The third-order valence-corrected chi connectivity index (χ3v) is 2.55. The fourth-order valence-electron chi connectivity index (χ4n) is 1.80. The van der Waals surface area contributed by atoms with Crippen LogP contribution in [0.15, 0.2) is 18.6 Å². The first-order valence-corrected chi connectivity index (χ1v) is 5.28. The van der Waals surface area contributed by atoms with E-state index in [0.717, 1.165) is 18.7 Å². The highest BCUT2D eigenvalue weighted by Gasteiger charge is 2.17. The van der Waals surface area contributed by atoms with Crippen molar-refractivity contribution in [3.63, 3.8) is 0 Å². The van der Waals surface area contributed by atoms with Crippen molar-refractivity contribution in [1.29, 1.82) is 0 Å². The van der Waals surface area contributed by atoms with E-state index in [1.807, 2.05) is 12.3 Å². The molecule has 0 saturated carbocycles. The Labute approximate surface area is 86.0 Å². The van der Waals surface area contributed by atoms with Crippen molar-refractivity contribution in [2.75, 3.05) is 6.54 Å². The third-order valence-electron chi connectivity index (χ3n) is 2.55. The van der Waals surface area contributed by atoms with Crippen LogP contribution in [0, 0.1) is 0 Å². The smallest absolute Gasteiger partial charge is 0.115 e. The third kappa shape index (κ3) is 2.77. The van der Waals surface area contributed by atoms with Crippen molar-refractivity contribution in [3.05, 3.63) is 24.3 Å². The average molecular weight is 193 g/mol. The summed E-state index contributed by atoms with van der Waals surface area (Å²) in [4.78, 5) is 8.24. The van der Waals surface area contributed by atoms with E-state index in [0.29, 0.717) is 12.0 Å². The number of hydrogen-bond acceptors (Lipinski definition) is 3. The van der Waals surface area contributed by atoms with Crippen LogP contribution >= 0.6 is 0 Å². The normalized spacial score (nSPS) is 15.1. The van der Waals surface area contributed by atoms with Crippen LogP contribution in [0.4, 0.5) is 0 Å². The fraction of sp³-hybridized carbons (Fsp3) is 0.636. The van der Waals surface area contributed by atoms with Gasteiger partial charge in [-0.15, -0.1) is 0 Å². The van der Waals surface area contributed by atoms with E-state index in [2.05, 4.69) is 36.1 Å². The molecule has 0 aromatic carbocycles. The molecule has 2 atom stereocenters. The quantitative estimate of drug-likeness (QED) is 0.777. The maximum Gasteiger partial charge on any atom is 0.115 e. The molecule has 0 bridgehead atoms. The molecule has 3 heteroatoms. The lowest BCUT2D eigenvalue weighted by atomic mass is 9.94. The molecular formula is C11H19N3. The van der Waals surface area contributed by atoms with E-state index in [1.54, 1.807) is 6.33 Å². The molecule has 1 N–H and O–H groups in total. The number of rotatable bonds is 5. The Bertz CT molecular complexity index is 248. The predicted molar refractivity (Wildman–Crippen MR) is 58.2 cm³/mol. The van der Waals surface area contributed by atoms with Crippen molar-refractivity contribution < 1.29 is 0 Å². The first-order chi connectivity index (χ1) is 6.79.